The lowest BCUT2D eigenvalue weighted by Crippen LogP contribution is -2.11. The van der Waals surface area contributed by atoms with Gasteiger partial charge < -0.3 is 5.11 Å². The predicted octanol–water partition coefficient (Wildman–Crippen LogP) is 2.58. The second-order valence-corrected chi connectivity index (χ2v) is 5.98. The van der Waals surface area contributed by atoms with E-state index in [9.17, 15) is 13.5 Å². The van der Waals surface area contributed by atoms with Crippen molar-refractivity contribution in [2.24, 2.45) is 0 Å². The van der Waals surface area contributed by atoms with Crippen LogP contribution in [0.1, 0.15) is 0 Å². The standard InChI is InChI=1S/C14H11NO3S/c16-12-5-7-13(8-6-12)19(17,18)15-10-9-11-3-1-2-4-14(11)15/h1-10,16H. The van der Waals surface area contributed by atoms with Crippen LogP contribution in [0.3, 0.4) is 0 Å². The van der Waals surface area contributed by atoms with Crippen LogP contribution in [0.4, 0.5) is 0 Å². The first kappa shape index (κ1) is 11.8. The minimum Gasteiger partial charge on any atom is -0.508 e. The van der Waals surface area contributed by atoms with Gasteiger partial charge >= 0.3 is 0 Å². The van der Waals surface area contributed by atoms with E-state index in [1.807, 2.05) is 12.1 Å². The number of hydrogen-bond donors (Lipinski definition) is 1. The number of phenols is 1. The number of hydrogen-bond acceptors (Lipinski definition) is 3. The SMILES string of the molecule is O=S(=O)(c1ccc(O)cc1)n1ccc2ccccc21. The highest BCUT2D eigenvalue weighted by atomic mass is 32.2. The molecule has 0 saturated carbocycles. The average Bonchev–Trinajstić information content (AvgIpc) is 2.83. The number of phenolic OH excluding ortho intramolecular Hbond substituents is 1. The molecule has 1 aromatic heterocycles. The zero-order chi connectivity index (χ0) is 13.5. The van der Waals surface area contributed by atoms with E-state index in [0.29, 0.717) is 5.52 Å². The Kier molecular flexibility index (Phi) is 2.57. The summed E-state index contributed by atoms with van der Waals surface area (Å²) in [4.78, 5) is 0.145. The van der Waals surface area contributed by atoms with E-state index in [1.165, 1.54) is 34.4 Å². The van der Waals surface area contributed by atoms with Gasteiger partial charge in [0.25, 0.3) is 10.0 Å². The molecule has 19 heavy (non-hydrogen) atoms. The van der Waals surface area contributed by atoms with Crippen molar-refractivity contribution in [3.05, 3.63) is 60.8 Å². The normalized spacial score (nSPS) is 11.8. The Labute approximate surface area is 110 Å². The van der Waals surface area contributed by atoms with Gasteiger partial charge in [0, 0.05) is 11.6 Å². The van der Waals surface area contributed by atoms with Crippen LogP contribution in [-0.2, 0) is 10.0 Å². The van der Waals surface area contributed by atoms with Crippen LogP contribution in [0, 0.1) is 0 Å². The number of benzene rings is 2. The minimum absolute atomic E-state index is 0.0383. The summed E-state index contributed by atoms with van der Waals surface area (Å²) >= 11 is 0. The largest absolute Gasteiger partial charge is 0.508 e. The van der Waals surface area contributed by atoms with Crippen LogP contribution in [0.2, 0.25) is 0 Å². The second kappa shape index (κ2) is 4.13. The van der Waals surface area contributed by atoms with Crippen LogP contribution in [-0.4, -0.2) is 17.5 Å². The Balaban J connectivity index is 2.22. The fraction of sp³-hybridized carbons (Fsp3) is 0. The molecule has 0 spiro atoms. The van der Waals surface area contributed by atoms with Crippen molar-refractivity contribution in [3.8, 4) is 5.75 Å². The maximum Gasteiger partial charge on any atom is 0.268 e. The Morgan fingerprint density at radius 2 is 1.58 bits per heavy atom. The lowest BCUT2D eigenvalue weighted by molar-refractivity contribution is 0.474. The molecule has 0 radical (unpaired) electrons. The molecule has 0 saturated heterocycles. The van der Waals surface area contributed by atoms with Crippen LogP contribution in [0.15, 0.2) is 65.7 Å². The fourth-order valence-corrected chi connectivity index (χ4v) is 3.35. The molecule has 0 atom stereocenters. The number of rotatable bonds is 2. The molecule has 0 aliphatic heterocycles. The highest BCUT2D eigenvalue weighted by molar-refractivity contribution is 7.90. The van der Waals surface area contributed by atoms with Crippen molar-refractivity contribution in [1.29, 1.82) is 0 Å². The summed E-state index contributed by atoms with van der Waals surface area (Å²) in [5, 5.41) is 10.1. The molecule has 96 valence electrons. The molecule has 0 bridgehead atoms. The smallest absolute Gasteiger partial charge is 0.268 e. The zero-order valence-electron chi connectivity index (χ0n) is 9.89. The van der Waals surface area contributed by atoms with E-state index in [2.05, 4.69) is 0 Å². The lowest BCUT2D eigenvalue weighted by Gasteiger charge is -2.07. The molecule has 0 fully saturated rings. The maximum atomic E-state index is 12.5. The van der Waals surface area contributed by atoms with Gasteiger partial charge in [0.2, 0.25) is 0 Å². The van der Waals surface area contributed by atoms with Gasteiger partial charge in [-0.25, -0.2) is 12.4 Å². The van der Waals surface area contributed by atoms with Crippen LogP contribution in [0.25, 0.3) is 10.9 Å². The quantitative estimate of drug-likeness (QED) is 0.780. The topological polar surface area (TPSA) is 59.3 Å². The summed E-state index contributed by atoms with van der Waals surface area (Å²) in [5.41, 5.74) is 0.635. The number of fused-ring (bicyclic) bond motifs is 1. The molecule has 0 aliphatic rings. The summed E-state index contributed by atoms with van der Waals surface area (Å²) in [6, 6.07) is 14.5. The molecule has 0 aliphatic carbocycles. The third kappa shape index (κ3) is 1.88. The van der Waals surface area contributed by atoms with E-state index in [0.717, 1.165) is 5.39 Å². The molecular weight excluding hydrogens is 262 g/mol. The van der Waals surface area contributed by atoms with Crippen molar-refractivity contribution < 1.29 is 13.5 Å². The van der Waals surface area contributed by atoms with Gasteiger partial charge in [-0.2, -0.15) is 0 Å². The van der Waals surface area contributed by atoms with Gasteiger partial charge in [0.1, 0.15) is 5.75 Å². The Bertz CT molecular complexity index is 833. The summed E-state index contributed by atoms with van der Waals surface area (Å²) in [7, 11) is -3.63. The summed E-state index contributed by atoms with van der Waals surface area (Å²) in [5.74, 6) is 0.0383. The first-order valence-corrected chi connectivity index (χ1v) is 7.14. The Morgan fingerprint density at radius 1 is 0.895 bits per heavy atom. The molecule has 5 heteroatoms. The van der Waals surface area contributed by atoms with E-state index >= 15 is 0 Å². The first-order chi connectivity index (χ1) is 9.09. The predicted molar refractivity (Wildman–Crippen MR) is 72.6 cm³/mol. The molecule has 3 aromatic rings. The van der Waals surface area contributed by atoms with Gasteiger partial charge in [-0.15, -0.1) is 0 Å². The van der Waals surface area contributed by atoms with Crippen LogP contribution in [0.5, 0.6) is 5.75 Å². The van der Waals surface area contributed by atoms with Crippen LogP contribution < -0.4 is 0 Å². The highest BCUT2D eigenvalue weighted by Crippen LogP contribution is 2.23. The average molecular weight is 273 g/mol. The molecule has 3 rings (SSSR count). The number of nitrogens with zero attached hydrogens (tertiary/aromatic N) is 1. The zero-order valence-corrected chi connectivity index (χ0v) is 10.7. The third-order valence-corrected chi connectivity index (χ3v) is 4.66. The van der Waals surface area contributed by atoms with Gasteiger partial charge in [0.05, 0.1) is 10.4 Å². The van der Waals surface area contributed by atoms with Gasteiger partial charge in [-0.05, 0) is 36.4 Å². The molecule has 1 heterocycles. The lowest BCUT2D eigenvalue weighted by atomic mass is 10.3. The van der Waals surface area contributed by atoms with Crippen molar-refractivity contribution in [1.82, 2.24) is 3.97 Å². The maximum absolute atomic E-state index is 12.5. The second-order valence-electron chi connectivity index (χ2n) is 4.17. The van der Waals surface area contributed by atoms with Gasteiger partial charge in [-0.1, -0.05) is 18.2 Å². The van der Waals surface area contributed by atoms with Crippen molar-refractivity contribution in [2.75, 3.05) is 0 Å². The van der Waals surface area contributed by atoms with Crippen molar-refractivity contribution >= 4 is 20.9 Å². The van der Waals surface area contributed by atoms with E-state index in [-0.39, 0.29) is 10.6 Å². The number of aromatic nitrogens is 1. The summed E-state index contributed by atoms with van der Waals surface area (Å²) < 4.78 is 26.2. The highest BCUT2D eigenvalue weighted by Gasteiger charge is 2.18. The van der Waals surface area contributed by atoms with E-state index in [1.54, 1.807) is 18.2 Å². The minimum atomic E-state index is -3.63. The molecule has 1 N–H and O–H groups in total. The monoisotopic (exact) mass is 273 g/mol. The number of para-hydroxylation sites is 1. The van der Waals surface area contributed by atoms with Gasteiger partial charge in [0.15, 0.2) is 0 Å². The van der Waals surface area contributed by atoms with Gasteiger partial charge in [-0.3, -0.25) is 0 Å². The first-order valence-electron chi connectivity index (χ1n) is 5.70. The van der Waals surface area contributed by atoms with Crippen molar-refractivity contribution in [2.45, 2.75) is 4.90 Å². The molecular formula is C14H11NO3S. The van der Waals surface area contributed by atoms with Crippen LogP contribution >= 0.6 is 0 Å². The van der Waals surface area contributed by atoms with E-state index in [4.69, 9.17) is 0 Å². The Hall–Kier alpha value is -2.27. The molecule has 4 nitrogen and oxygen atoms in total. The van der Waals surface area contributed by atoms with Crippen molar-refractivity contribution in [3.63, 3.8) is 0 Å². The fourth-order valence-electron chi connectivity index (χ4n) is 2.00. The molecule has 0 unspecified atom stereocenters. The third-order valence-electron chi connectivity index (χ3n) is 2.96. The molecule has 2 aromatic carbocycles. The summed E-state index contributed by atoms with van der Waals surface area (Å²) in [6.07, 6.45) is 1.53. The Morgan fingerprint density at radius 3 is 2.32 bits per heavy atom. The molecule has 0 amide bonds. The summed E-state index contributed by atoms with van der Waals surface area (Å²) in [6.45, 7) is 0. The van der Waals surface area contributed by atoms with E-state index < -0.39 is 10.0 Å². The number of aromatic hydroxyl groups is 1.